The van der Waals surface area contributed by atoms with E-state index in [2.05, 4.69) is 15.2 Å². The van der Waals surface area contributed by atoms with Gasteiger partial charge < -0.3 is 0 Å². The Kier molecular flexibility index (Phi) is 2.07. The summed E-state index contributed by atoms with van der Waals surface area (Å²) in [5.74, 6) is 1.45. The van der Waals surface area contributed by atoms with Gasteiger partial charge in [0.25, 0.3) is 15.2 Å². The number of H-pyrrole nitrogens is 1. The van der Waals surface area contributed by atoms with Crippen LogP contribution in [0, 0.1) is 5.92 Å². The summed E-state index contributed by atoms with van der Waals surface area (Å²) in [5, 5.41) is 10.8. The highest BCUT2D eigenvalue weighted by molar-refractivity contribution is 7.89. The topological polar surface area (TPSA) is 102 Å². The lowest BCUT2D eigenvalue weighted by Crippen LogP contribution is -2.14. The highest BCUT2D eigenvalue weighted by Crippen LogP contribution is 2.41. The van der Waals surface area contributed by atoms with Crippen LogP contribution in [-0.2, 0) is 10.0 Å². The fourth-order valence-electron chi connectivity index (χ4n) is 1.41. The van der Waals surface area contributed by atoms with E-state index in [1.165, 1.54) is 12.8 Å². The fourth-order valence-corrected chi connectivity index (χ4v) is 1.81. The summed E-state index contributed by atoms with van der Waals surface area (Å²) in [7, 11) is -3.77. The molecule has 0 aromatic carbocycles. The molecule has 78 valence electrons. The number of sulfonamides is 1. The number of hydrogen-bond donors (Lipinski definition) is 2. The minimum absolute atomic E-state index is 0.234. The van der Waals surface area contributed by atoms with Gasteiger partial charge in [0.1, 0.15) is 5.82 Å². The fraction of sp³-hybridized carbons (Fsp3) is 0.714. The van der Waals surface area contributed by atoms with Crippen molar-refractivity contribution in [3.8, 4) is 0 Å². The van der Waals surface area contributed by atoms with Crippen molar-refractivity contribution in [2.75, 3.05) is 0 Å². The van der Waals surface area contributed by atoms with Gasteiger partial charge in [-0.25, -0.2) is 18.5 Å². The number of nitrogens with two attached hydrogens (primary N) is 1. The average Bonchev–Trinajstić information content (AvgIpc) is 2.79. The molecule has 1 atom stereocenters. The van der Waals surface area contributed by atoms with E-state index in [4.69, 9.17) is 5.14 Å². The minimum Gasteiger partial charge on any atom is -0.262 e. The lowest BCUT2D eigenvalue weighted by Gasteiger charge is -2.03. The summed E-state index contributed by atoms with van der Waals surface area (Å²) < 4.78 is 21.8. The predicted molar refractivity (Wildman–Crippen MR) is 48.9 cm³/mol. The first-order valence-corrected chi connectivity index (χ1v) is 5.98. The van der Waals surface area contributed by atoms with Crippen LogP contribution in [0.2, 0.25) is 0 Å². The van der Waals surface area contributed by atoms with Gasteiger partial charge in [-0.2, -0.15) is 0 Å². The third kappa shape index (κ3) is 1.78. The Morgan fingerprint density at radius 2 is 2.21 bits per heavy atom. The van der Waals surface area contributed by atoms with E-state index in [0.29, 0.717) is 11.7 Å². The van der Waals surface area contributed by atoms with Gasteiger partial charge in [-0.3, -0.25) is 5.10 Å². The van der Waals surface area contributed by atoms with Gasteiger partial charge in [-0.05, 0) is 18.8 Å². The quantitative estimate of drug-likeness (QED) is 0.740. The van der Waals surface area contributed by atoms with Crippen molar-refractivity contribution in [2.24, 2.45) is 11.1 Å². The van der Waals surface area contributed by atoms with E-state index in [-0.39, 0.29) is 11.1 Å². The number of nitrogens with zero attached hydrogens (tertiary/aromatic N) is 2. The molecule has 2 rings (SSSR count). The van der Waals surface area contributed by atoms with Crippen LogP contribution in [0.1, 0.15) is 31.5 Å². The maximum absolute atomic E-state index is 10.9. The van der Waals surface area contributed by atoms with E-state index in [9.17, 15) is 8.42 Å². The number of nitrogens with one attached hydrogen (secondary N) is 1. The molecule has 0 bridgehead atoms. The molecule has 1 heterocycles. The first-order chi connectivity index (χ1) is 6.48. The van der Waals surface area contributed by atoms with Crippen molar-refractivity contribution in [3.63, 3.8) is 0 Å². The summed E-state index contributed by atoms with van der Waals surface area (Å²) in [6.07, 6.45) is 2.35. The zero-order valence-electron chi connectivity index (χ0n) is 7.77. The van der Waals surface area contributed by atoms with Crippen molar-refractivity contribution in [1.29, 1.82) is 0 Å². The second-order valence-electron chi connectivity index (χ2n) is 3.67. The second kappa shape index (κ2) is 3.03. The largest absolute Gasteiger partial charge is 0.282 e. The van der Waals surface area contributed by atoms with Crippen molar-refractivity contribution >= 4 is 10.0 Å². The first kappa shape index (κ1) is 9.60. The molecule has 0 saturated heterocycles. The summed E-state index contributed by atoms with van der Waals surface area (Å²) in [6.45, 7) is 2.01. The van der Waals surface area contributed by atoms with Crippen LogP contribution < -0.4 is 5.14 Å². The van der Waals surface area contributed by atoms with Crippen LogP contribution in [-0.4, -0.2) is 23.6 Å². The summed E-state index contributed by atoms with van der Waals surface area (Å²) in [5.41, 5.74) is 0. The molecule has 0 amide bonds. The minimum atomic E-state index is -3.77. The summed E-state index contributed by atoms with van der Waals surface area (Å²) in [6, 6.07) is 0. The van der Waals surface area contributed by atoms with Gasteiger partial charge in [-0.15, -0.1) is 5.10 Å². The SMILES string of the molecule is CC(c1nc(S(N)(=O)=O)n[nH]1)C1CC1. The molecular weight excluding hydrogens is 204 g/mol. The highest BCUT2D eigenvalue weighted by atomic mass is 32.2. The van der Waals surface area contributed by atoms with Crippen LogP contribution in [0.4, 0.5) is 0 Å². The number of hydrogen-bond acceptors (Lipinski definition) is 4. The predicted octanol–water partition coefficient (Wildman–Crippen LogP) is -0.0344. The second-order valence-corrected chi connectivity index (χ2v) is 5.13. The maximum atomic E-state index is 10.9. The maximum Gasteiger partial charge on any atom is 0.282 e. The van der Waals surface area contributed by atoms with Gasteiger partial charge in [0, 0.05) is 5.92 Å². The van der Waals surface area contributed by atoms with Crippen molar-refractivity contribution in [1.82, 2.24) is 15.2 Å². The average molecular weight is 216 g/mol. The zero-order valence-corrected chi connectivity index (χ0v) is 8.58. The van der Waals surface area contributed by atoms with Crippen LogP contribution in [0.3, 0.4) is 0 Å². The van der Waals surface area contributed by atoms with Gasteiger partial charge in [0.15, 0.2) is 0 Å². The molecule has 1 aromatic heterocycles. The molecule has 1 unspecified atom stereocenters. The van der Waals surface area contributed by atoms with E-state index in [1.807, 2.05) is 6.92 Å². The molecule has 1 saturated carbocycles. The molecule has 14 heavy (non-hydrogen) atoms. The highest BCUT2D eigenvalue weighted by Gasteiger charge is 2.31. The first-order valence-electron chi connectivity index (χ1n) is 4.43. The van der Waals surface area contributed by atoms with Gasteiger partial charge in [0.2, 0.25) is 0 Å². The third-order valence-electron chi connectivity index (χ3n) is 2.50. The van der Waals surface area contributed by atoms with Crippen molar-refractivity contribution < 1.29 is 8.42 Å². The van der Waals surface area contributed by atoms with E-state index >= 15 is 0 Å². The zero-order chi connectivity index (χ0) is 10.3. The van der Waals surface area contributed by atoms with Gasteiger partial charge >= 0.3 is 0 Å². The van der Waals surface area contributed by atoms with Crippen LogP contribution >= 0.6 is 0 Å². The standard InChI is InChI=1S/C7H12N4O2S/c1-4(5-2-3-5)6-9-7(11-10-6)14(8,12)13/h4-5H,2-3H2,1H3,(H2,8,12,13)(H,9,10,11). The molecule has 1 aliphatic carbocycles. The molecular formula is C7H12N4O2S. The molecule has 0 aliphatic heterocycles. The van der Waals surface area contributed by atoms with E-state index in [0.717, 1.165) is 0 Å². The number of rotatable bonds is 3. The Balaban J connectivity index is 2.25. The van der Waals surface area contributed by atoms with Gasteiger partial charge in [-0.1, -0.05) is 6.92 Å². The Morgan fingerprint density at radius 3 is 2.64 bits per heavy atom. The van der Waals surface area contributed by atoms with Gasteiger partial charge in [0.05, 0.1) is 0 Å². The van der Waals surface area contributed by atoms with Crippen LogP contribution in [0.15, 0.2) is 5.16 Å². The van der Waals surface area contributed by atoms with Crippen LogP contribution in [0.5, 0.6) is 0 Å². The number of primary sulfonamides is 1. The Bertz CT molecular complexity index is 434. The van der Waals surface area contributed by atoms with Crippen molar-refractivity contribution in [3.05, 3.63) is 5.82 Å². The lowest BCUT2D eigenvalue weighted by molar-refractivity contribution is 0.588. The number of aromatic nitrogens is 3. The smallest absolute Gasteiger partial charge is 0.262 e. The normalized spacial score (nSPS) is 19.6. The monoisotopic (exact) mass is 216 g/mol. The lowest BCUT2D eigenvalue weighted by atomic mass is 10.1. The molecule has 0 radical (unpaired) electrons. The summed E-state index contributed by atoms with van der Waals surface area (Å²) in [4.78, 5) is 3.86. The Morgan fingerprint density at radius 1 is 1.57 bits per heavy atom. The molecule has 7 heteroatoms. The molecule has 1 aromatic rings. The molecule has 6 nitrogen and oxygen atoms in total. The molecule has 0 spiro atoms. The molecule has 1 fully saturated rings. The van der Waals surface area contributed by atoms with E-state index < -0.39 is 10.0 Å². The molecule has 1 aliphatic rings. The molecule has 3 N–H and O–H groups in total. The Labute approximate surface area is 82.0 Å². The summed E-state index contributed by atoms with van der Waals surface area (Å²) >= 11 is 0. The van der Waals surface area contributed by atoms with E-state index in [1.54, 1.807) is 0 Å². The Hall–Kier alpha value is -0.950. The third-order valence-corrected chi connectivity index (χ3v) is 3.19. The van der Waals surface area contributed by atoms with Crippen molar-refractivity contribution in [2.45, 2.75) is 30.8 Å². The number of aromatic amines is 1. The van der Waals surface area contributed by atoms with Crippen LogP contribution in [0.25, 0.3) is 0 Å².